The number of carbonyl (C=O) groups is 3. The van der Waals surface area contributed by atoms with Gasteiger partial charge in [-0.15, -0.1) is 0 Å². The van der Waals surface area contributed by atoms with Crippen molar-refractivity contribution in [2.75, 3.05) is 19.8 Å². The number of amides is 1. The fourth-order valence-corrected chi connectivity index (χ4v) is 6.70. The number of nitro benzene ring substituents is 1. The van der Waals surface area contributed by atoms with Crippen LogP contribution in [0.15, 0.2) is 47.2 Å². The largest absolute Gasteiger partial charge is 0.508 e. The molecule has 3 aliphatic rings. The van der Waals surface area contributed by atoms with Crippen LogP contribution < -0.4 is 11.5 Å². The third kappa shape index (κ3) is 3.59. The first-order valence-corrected chi connectivity index (χ1v) is 12.8. The summed E-state index contributed by atoms with van der Waals surface area (Å²) in [6.07, 6.45) is -1.75. The molecule has 9 N–H and O–H groups in total. The summed E-state index contributed by atoms with van der Waals surface area (Å²) < 4.78 is 0. The number of fused-ring (bicyclic) bond motifs is 3. The molecule has 220 valence electrons. The Hall–Kier alpha value is -4.79. The molecule has 5 rings (SSSR count). The minimum absolute atomic E-state index is 0.177. The van der Waals surface area contributed by atoms with E-state index in [2.05, 4.69) is 0 Å². The van der Waals surface area contributed by atoms with Crippen LogP contribution >= 0.6 is 0 Å². The quantitative estimate of drug-likeness (QED) is 0.0865. The first-order valence-electron chi connectivity index (χ1n) is 12.8. The summed E-state index contributed by atoms with van der Waals surface area (Å²) in [5.74, 6) is -10.3. The summed E-state index contributed by atoms with van der Waals surface area (Å²) in [5.41, 5.74) is 7.19. The summed E-state index contributed by atoms with van der Waals surface area (Å²) in [7, 11) is 2.84. The van der Waals surface area contributed by atoms with Crippen LogP contribution in [0.1, 0.15) is 24.0 Å². The first kappa shape index (κ1) is 28.7. The van der Waals surface area contributed by atoms with Crippen LogP contribution in [0.2, 0.25) is 0 Å². The number of benzene rings is 2. The number of phenolic OH excluding ortho intramolecular Hbond substituents is 1. The standard InChI is InChI=1S/C28H28N4O10/c1-9-12-8-13(10-4-6-11(7-5-10)32(41)42)19(29)23(35)15(12)21(33)16-14(9)22(34)18-20(31(2)3)24(36)17(27(30)39)26(38)28(18,40)25(16)37/h4-9,14,18,20,22,33-35,38,40H,29H2,1-3H3,(H2,30,39)/t9-,14+,18+,20-,22-,28-/m0/s1. The molecular weight excluding hydrogens is 552 g/mol. The van der Waals surface area contributed by atoms with Crippen molar-refractivity contribution >= 4 is 34.6 Å². The van der Waals surface area contributed by atoms with Crippen molar-refractivity contribution in [3.63, 3.8) is 0 Å². The molecule has 2 aromatic rings. The summed E-state index contributed by atoms with van der Waals surface area (Å²) in [4.78, 5) is 51.2. The molecule has 2 aromatic carbocycles. The molecule has 6 atom stereocenters. The van der Waals surface area contributed by atoms with E-state index >= 15 is 0 Å². The van der Waals surface area contributed by atoms with Gasteiger partial charge in [-0.25, -0.2) is 0 Å². The monoisotopic (exact) mass is 580 g/mol. The second-order valence-electron chi connectivity index (χ2n) is 11.0. The number of nitrogen functional groups attached to an aromatic ring is 1. The van der Waals surface area contributed by atoms with E-state index in [1.807, 2.05) is 0 Å². The average molecular weight is 581 g/mol. The van der Waals surface area contributed by atoms with Crippen LogP contribution in [-0.2, 0) is 14.4 Å². The number of aliphatic hydroxyl groups excluding tert-OH is 3. The van der Waals surface area contributed by atoms with Crippen LogP contribution in [0.25, 0.3) is 16.9 Å². The summed E-state index contributed by atoms with van der Waals surface area (Å²) in [6.45, 7) is 1.59. The topological polar surface area (TPSA) is 251 Å². The number of hydrogen-bond donors (Lipinski definition) is 7. The fraction of sp³-hybridized carbons (Fsp3) is 0.321. The van der Waals surface area contributed by atoms with Gasteiger partial charge in [0.15, 0.2) is 11.4 Å². The number of nitrogens with zero attached hydrogens (tertiary/aromatic N) is 2. The Kier molecular flexibility index (Phi) is 6.41. The third-order valence-electron chi connectivity index (χ3n) is 8.68. The van der Waals surface area contributed by atoms with Crippen molar-refractivity contribution in [1.82, 2.24) is 4.90 Å². The highest BCUT2D eigenvalue weighted by molar-refractivity contribution is 6.24. The minimum atomic E-state index is -3.02. The Bertz CT molecular complexity index is 1660. The van der Waals surface area contributed by atoms with E-state index in [0.717, 1.165) is 0 Å². The predicted octanol–water partition coefficient (Wildman–Crippen LogP) is 0.653. The molecule has 14 heteroatoms. The number of Topliss-reactive ketones (excluding diaryl/α,β-unsaturated/α-hetero) is 2. The van der Waals surface area contributed by atoms with Gasteiger partial charge >= 0.3 is 0 Å². The number of carbonyl (C=O) groups excluding carboxylic acids is 3. The lowest BCUT2D eigenvalue weighted by atomic mass is 9.54. The number of aliphatic hydroxyl groups is 4. The van der Waals surface area contributed by atoms with Gasteiger partial charge in [0.05, 0.1) is 34.2 Å². The van der Waals surface area contributed by atoms with Crippen molar-refractivity contribution in [2.45, 2.75) is 30.6 Å². The molecule has 1 amide bonds. The molecule has 0 aromatic heterocycles. The van der Waals surface area contributed by atoms with Gasteiger partial charge in [0.2, 0.25) is 5.78 Å². The number of non-ortho nitro benzene ring substituents is 1. The van der Waals surface area contributed by atoms with Crippen molar-refractivity contribution in [1.29, 1.82) is 0 Å². The van der Waals surface area contributed by atoms with Crippen LogP contribution in [0.4, 0.5) is 11.4 Å². The van der Waals surface area contributed by atoms with E-state index in [9.17, 15) is 50.0 Å². The molecule has 0 unspecified atom stereocenters. The SMILES string of the molecule is C[C@H]1c2cc(-c3ccc([N+](=O)[O-])cc3)c(N)c(O)c2C(O)=C2C(=O)[C@]3(O)C(O)=C(C(N)=O)C(=O)[C@@H](N(C)C)[C@@H]3[C@@H](O)[C@@H]21. The Labute approximate surface area is 237 Å². The second kappa shape index (κ2) is 9.37. The van der Waals surface area contributed by atoms with Crippen LogP contribution in [0.5, 0.6) is 5.75 Å². The van der Waals surface area contributed by atoms with Gasteiger partial charge in [0.25, 0.3) is 11.6 Å². The van der Waals surface area contributed by atoms with E-state index < -0.39 is 86.3 Å². The zero-order valence-corrected chi connectivity index (χ0v) is 22.6. The molecule has 0 heterocycles. The van der Waals surface area contributed by atoms with Gasteiger partial charge in [-0.1, -0.05) is 6.92 Å². The number of phenols is 1. The molecule has 42 heavy (non-hydrogen) atoms. The average Bonchev–Trinajstić information content (AvgIpc) is 2.92. The zero-order chi connectivity index (χ0) is 31.2. The molecule has 14 nitrogen and oxygen atoms in total. The zero-order valence-electron chi connectivity index (χ0n) is 22.6. The predicted molar refractivity (Wildman–Crippen MR) is 147 cm³/mol. The van der Waals surface area contributed by atoms with Crippen LogP contribution in [0, 0.1) is 22.0 Å². The normalized spacial score (nSPS) is 28.9. The Morgan fingerprint density at radius 3 is 2.24 bits per heavy atom. The number of ketones is 2. The Balaban J connectivity index is 1.76. The molecule has 1 saturated carbocycles. The summed E-state index contributed by atoms with van der Waals surface area (Å²) >= 11 is 0. The number of rotatable bonds is 4. The molecule has 0 bridgehead atoms. The van der Waals surface area contributed by atoms with E-state index in [1.54, 1.807) is 6.92 Å². The lowest BCUT2D eigenvalue weighted by Gasteiger charge is -2.53. The number of anilines is 1. The fourth-order valence-electron chi connectivity index (χ4n) is 6.70. The maximum atomic E-state index is 14.0. The van der Waals surface area contributed by atoms with E-state index in [4.69, 9.17) is 11.5 Å². The second-order valence-corrected chi connectivity index (χ2v) is 11.0. The highest BCUT2D eigenvalue weighted by atomic mass is 16.6. The van der Waals surface area contributed by atoms with Gasteiger partial charge in [0.1, 0.15) is 22.8 Å². The van der Waals surface area contributed by atoms with E-state index in [-0.39, 0.29) is 28.1 Å². The van der Waals surface area contributed by atoms with Gasteiger partial charge in [0, 0.05) is 29.2 Å². The van der Waals surface area contributed by atoms with Gasteiger partial charge < -0.3 is 37.0 Å². The van der Waals surface area contributed by atoms with Crippen molar-refractivity contribution in [3.05, 3.63) is 68.5 Å². The lowest BCUT2D eigenvalue weighted by Crippen LogP contribution is -2.70. The molecule has 0 saturated heterocycles. The molecule has 3 aliphatic carbocycles. The number of hydrogen-bond acceptors (Lipinski definition) is 12. The molecule has 1 fully saturated rings. The number of primary amides is 1. The van der Waals surface area contributed by atoms with Gasteiger partial charge in [-0.3, -0.25) is 29.4 Å². The van der Waals surface area contributed by atoms with Gasteiger partial charge in [-0.2, -0.15) is 0 Å². The maximum absolute atomic E-state index is 14.0. The Morgan fingerprint density at radius 1 is 1.12 bits per heavy atom. The summed E-state index contributed by atoms with van der Waals surface area (Å²) in [6, 6.07) is 5.38. The maximum Gasteiger partial charge on any atom is 0.269 e. The highest BCUT2D eigenvalue weighted by Gasteiger charge is 2.68. The molecular formula is C28H28N4O10. The van der Waals surface area contributed by atoms with E-state index in [0.29, 0.717) is 5.56 Å². The van der Waals surface area contributed by atoms with Crippen LogP contribution in [-0.4, -0.2) is 84.7 Å². The lowest BCUT2D eigenvalue weighted by molar-refractivity contribution is -0.384. The number of aromatic hydroxyl groups is 1. The van der Waals surface area contributed by atoms with Crippen molar-refractivity contribution in [3.8, 4) is 16.9 Å². The van der Waals surface area contributed by atoms with Crippen molar-refractivity contribution in [2.24, 2.45) is 17.6 Å². The number of nitrogens with two attached hydrogens (primary N) is 2. The minimum Gasteiger partial charge on any atom is -0.508 e. The summed E-state index contributed by atoms with van der Waals surface area (Å²) in [5, 5.41) is 68.0. The van der Waals surface area contributed by atoms with E-state index in [1.165, 1.54) is 49.3 Å². The first-order chi connectivity index (χ1) is 19.6. The molecule has 0 radical (unpaired) electrons. The smallest absolute Gasteiger partial charge is 0.269 e. The number of nitro groups is 1. The molecule has 0 aliphatic heterocycles. The Morgan fingerprint density at radius 2 is 1.71 bits per heavy atom. The van der Waals surface area contributed by atoms with Crippen molar-refractivity contribution < 1.29 is 44.8 Å². The highest BCUT2D eigenvalue weighted by Crippen LogP contribution is 2.57. The number of likely N-dealkylation sites (N-methyl/N-ethyl adjacent to an activating group) is 1. The third-order valence-corrected chi connectivity index (χ3v) is 8.68. The molecule has 0 spiro atoms. The van der Waals surface area contributed by atoms with Crippen LogP contribution in [0.3, 0.4) is 0 Å². The van der Waals surface area contributed by atoms with Gasteiger partial charge in [-0.05, 0) is 49.3 Å².